The van der Waals surface area contributed by atoms with E-state index in [0.29, 0.717) is 13.5 Å². The molecule has 0 aromatic carbocycles. The number of aliphatic hydroxyl groups is 1. The van der Waals surface area contributed by atoms with Crippen molar-refractivity contribution < 1.29 is 23.1 Å². The summed E-state index contributed by atoms with van der Waals surface area (Å²) < 4.78 is 37.3. The van der Waals surface area contributed by atoms with Gasteiger partial charge in [-0.15, -0.1) is 0 Å². The van der Waals surface area contributed by atoms with E-state index in [4.69, 9.17) is 0 Å². The molecule has 0 radical (unpaired) electrons. The van der Waals surface area contributed by atoms with Crippen LogP contribution >= 0.6 is 0 Å². The summed E-state index contributed by atoms with van der Waals surface area (Å²) in [5, 5.41) is 12.2. The van der Waals surface area contributed by atoms with E-state index in [1.165, 1.54) is 0 Å². The number of nitrogens with zero attached hydrogens (tertiary/aromatic N) is 1. The van der Waals surface area contributed by atoms with Crippen LogP contribution in [0.15, 0.2) is 0 Å². The second kappa shape index (κ2) is 4.21. The van der Waals surface area contributed by atoms with Crippen molar-refractivity contribution in [2.75, 3.05) is 19.6 Å². The minimum Gasteiger partial charge on any atom is -0.373 e. The van der Waals surface area contributed by atoms with Crippen LogP contribution < -0.4 is 5.32 Å². The van der Waals surface area contributed by atoms with Crippen LogP contribution in [0.5, 0.6) is 0 Å². The van der Waals surface area contributed by atoms with Gasteiger partial charge in [0, 0.05) is 25.7 Å². The number of amides is 1. The van der Waals surface area contributed by atoms with Crippen molar-refractivity contribution >= 4 is 5.91 Å². The molecule has 1 fully saturated rings. The van der Waals surface area contributed by atoms with Gasteiger partial charge in [-0.25, -0.2) is 0 Å². The molecule has 0 aromatic heterocycles. The molecule has 1 amide bonds. The maximum Gasteiger partial charge on any atom is 0.426 e. The van der Waals surface area contributed by atoms with Crippen molar-refractivity contribution in [3.8, 4) is 0 Å². The Morgan fingerprint density at radius 2 is 2.06 bits per heavy atom. The minimum absolute atomic E-state index is 0.0678. The molecule has 7 heteroatoms. The normalized spacial score (nSPS) is 26.4. The van der Waals surface area contributed by atoms with Crippen LogP contribution in [0.1, 0.15) is 13.8 Å². The summed E-state index contributed by atoms with van der Waals surface area (Å²) in [4.78, 5) is 12.6. The maximum absolute atomic E-state index is 12.4. The molecule has 4 nitrogen and oxygen atoms in total. The molecule has 1 aliphatic rings. The number of piperazine rings is 1. The maximum atomic E-state index is 12.4. The Morgan fingerprint density at radius 1 is 1.50 bits per heavy atom. The van der Waals surface area contributed by atoms with Crippen LogP contribution in [0, 0.1) is 0 Å². The highest BCUT2D eigenvalue weighted by atomic mass is 19.4. The fraction of sp³-hybridized carbons (Fsp3) is 0.889. The third kappa shape index (κ3) is 2.46. The number of carbonyl (C=O) groups excluding carboxylic acids is 1. The lowest BCUT2D eigenvalue weighted by atomic mass is 10.0. The van der Waals surface area contributed by atoms with Crippen molar-refractivity contribution in [2.45, 2.75) is 31.7 Å². The molecule has 1 rings (SSSR count). The van der Waals surface area contributed by atoms with Crippen molar-refractivity contribution in [3.63, 3.8) is 0 Å². The molecule has 94 valence electrons. The van der Waals surface area contributed by atoms with E-state index in [1.54, 1.807) is 6.92 Å². The first-order chi connectivity index (χ1) is 7.16. The minimum atomic E-state index is -4.95. The van der Waals surface area contributed by atoms with Gasteiger partial charge in [-0.2, -0.15) is 13.2 Å². The molecule has 16 heavy (non-hydrogen) atoms. The van der Waals surface area contributed by atoms with E-state index in [0.717, 1.165) is 4.90 Å². The summed E-state index contributed by atoms with van der Waals surface area (Å²) in [7, 11) is 0. The van der Waals surface area contributed by atoms with E-state index >= 15 is 0 Å². The highest BCUT2D eigenvalue weighted by Gasteiger charge is 2.57. The Labute approximate surface area is 91.4 Å². The first kappa shape index (κ1) is 13.2. The lowest BCUT2D eigenvalue weighted by Crippen LogP contribution is -2.61. The predicted octanol–water partition coefficient (Wildman–Crippen LogP) is 0.120. The molecule has 0 saturated carbocycles. The van der Waals surface area contributed by atoms with Gasteiger partial charge < -0.3 is 15.3 Å². The number of hydrogen-bond donors (Lipinski definition) is 2. The van der Waals surface area contributed by atoms with Crippen LogP contribution in [-0.4, -0.2) is 53.4 Å². The lowest BCUT2D eigenvalue weighted by molar-refractivity contribution is -0.250. The first-order valence-electron chi connectivity index (χ1n) is 4.98. The summed E-state index contributed by atoms with van der Waals surface area (Å²) >= 11 is 0. The van der Waals surface area contributed by atoms with Gasteiger partial charge in [0.15, 0.2) is 0 Å². The van der Waals surface area contributed by atoms with E-state index in [1.807, 2.05) is 0 Å². The first-order valence-corrected chi connectivity index (χ1v) is 4.98. The van der Waals surface area contributed by atoms with Gasteiger partial charge in [0.2, 0.25) is 5.60 Å². The van der Waals surface area contributed by atoms with Crippen LogP contribution in [0.25, 0.3) is 0 Å². The third-order valence-electron chi connectivity index (χ3n) is 2.62. The Morgan fingerprint density at radius 3 is 2.50 bits per heavy atom. The molecule has 1 saturated heterocycles. The molecule has 0 aromatic rings. The van der Waals surface area contributed by atoms with Crippen LogP contribution in [0.2, 0.25) is 0 Å². The fourth-order valence-corrected chi connectivity index (χ4v) is 1.55. The SMILES string of the molecule is C[C@@H]1CN(C(=O)[C@@](C)(O)C(F)(F)F)CCN1. The average molecular weight is 240 g/mol. The summed E-state index contributed by atoms with van der Waals surface area (Å²) in [5.74, 6) is -1.28. The van der Waals surface area contributed by atoms with Gasteiger partial charge in [0.1, 0.15) is 0 Å². The lowest BCUT2D eigenvalue weighted by Gasteiger charge is -2.36. The van der Waals surface area contributed by atoms with Crippen LogP contribution in [0.4, 0.5) is 13.2 Å². The van der Waals surface area contributed by atoms with E-state index in [9.17, 15) is 23.1 Å². The van der Waals surface area contributed by atoms with Gasteiger partial charge in [-0.1, -0.05) is 0 Å². The van der Waals surface area contributed by atoms with Crippen molar-refractivity contribution in [1.82, 2.24) is 10.2 Å². The zero-order chi connectivity index (χ0) is 12.6. The molecule has 0 spiro atoms. The zero-order valence-electron chi connectivity index (χ0n) is 9.14. The number of halogens is 3. The quantitative estimate of drug-likeness (QED) is 0.684. The van der Waals surface area contributed by atoms with Crippen molar-refractivity contribution in [2.24, 2.45) is 0 Å². The van der Waals surface area contributed by atoms with Crippen LogP contribution in [0.3, 0.4) is 0 Å². The van der Waals surface area contributed by atoms with Gasteiger partial charge >= 0.3 is 6.18 Å². The summed E-state index contributed by atoms with van der Waals surface area (Å²) in [6.45, 7) is 3.03. The fourth-order valence-electron chi connectivity index (χ4n) is 1.55. The zero-order valence-corrected chi connectivity index (χ0v) is 9.14. The average Bonchev–Trinajstić information content (AvgIpc) is 2.14. The van der Waals surface area contributed by atoms with Crippen LogP contribution in [-0.2, 0) is 4.79 Å². The Bertz CT molecular complexity index is 278. The molecule has 0 unspecified atom stereocenters. The molecule has 2 atom stereocenters. The van der Waals surface area contributed by atoms with Gasteiger partial charge in [-0.3, -0.25) is 4.79 Å². The molecule has 2 N–H and O–H groups in total. The summed E-state index contributed by atoms with van der Waals surface area (Å²) in [5.41, 5.74) is -3.30. The van der Waals surface area contributed by atoms with Crippen molar-refractivity contribution in [3.05, 3.63) is 0 Å². The number of nitrogens with one attached hydrogen (secondary N) is 1. The van der Waals surface area contributed by atoms with E-state index < -0.39 is 17.7 Å². The van der Waals surface area contributed by atoms with Gasteiger partial charge in [0.25, 0.3) is 5.91 Å². The summed E-state index contributed by atoms with van der Waals surface area (Å²) in [6, 6.07) is -0.0678. The Hall–Kier alpha value is -0.820. The largest absolute Gasteiger partial charge is 0.426 e. The molecular weight excluding hydrogens is 225 g/mol. The smallest absolute Gasteiger partial charge is 0.373 e. The molecule has 0 bridgehead atoms. The monoisotopic (exact) mass is 240 g/mol. The number of hydrogen-bond acceptors (Lipinski definition) is 3. The van der Waals surface area contributed by atoms with E-state index in [2.05, 4.69) is 5.32 Å². The summed E-state index contributed by atoms with van der Waals surface area (Å²) in [6.07, 6.45) is -4.95. The molecule has 1 aliphatic heterocycles. The second-order valence-corrected chi connectivity index (χ2v) is 4.18. The Kier molecular flexibility index (Phi) is 3.49. The van der Waals surface area contributed by atoms with Crippen molar-refractivity contribution in [1.29, 1.82) is 0 Å². The third-order valence-corrected chi connectivity index (χ3v) is 2.62. The Balaban J connectivity index is 2.77. The highest BCUT2D eigenvalue weighted by Crippen LogP contribution is 2.31. The second-order valence-electron chi connectivity index (χ2n) is 4.18. The molecular formula is C9H15F3N2O2. The van der Waals surface area contributed by atoms with Gasteiger partial charge in [-0.05, 0) is 13.8 Å². The van der Waals surface area contributed by atoms with E-state index in [-0.39, 0.29) is 19.1 Å². The number of alkyl halides is 3. The number of rotatable bonds is 1. The topological polar surface area (TPSA) is 52.6 Å². The van der Waals surface area contributed by atoms with Gasteiger partial charge in [0.05, 0.1) is 0 Å². The highest BCUT2D eigenvalue weighted by molar-refractivity contribution is 5.85. The predicted molar refractivity (Wildman–Crippen MR) is 50.7 cm³/mol. The standard InChI is InChI=1S/C9H15F3N2O2/c1-6-5-14(4-3-13-6)7(15)8(2,16)9(10,11)12/h6,13,16H,3-5H2,1-2H3/t6-,8-/m1/s1. The molecule has 1 heterocycles. The number of carbonyl (C=O) groups is 1. The molecule has 0 aliphatic carbocycles.